The number of hydrogen-bond acceptors (Lipinski definition) is 2. The van der Waals surface area contributed by atoms with Crippen molar-refractivity contribution < 1.29 is 0 Å². The molecule has 5 rings (SSSR count). The van der Waals surface area contributed by atoms with Gasteiger partial charge >= 0.3 is 0 Å². The monoisotopic (exact) mass is 416 g/mol. The fourth-order valence-electron chi connectivity index (χ4n) is 4.28. The molecular weight excluding hydrogens is 388 g/mol. The van der Waals surface area contributed by atoms with Crippen LogP contribution in [-0.4, -0.2) is 5.84 Å². The van der Waals surface area contributed by atoms with E-state index < -0.39 is 0 Å². The van der Waals surface area contributed by atoms with E-state index in [9.17, 15) is 0 Å². The molecule has 158 valence electrons. The van der Waals surface area contributed by atoms with E-state index in [1.807, 2.05) is 0 Å². The van der Waals surface area contributed by atoms with Crippen molar-refractivity contribution in [1.29, 1.82) is 0 Å². The van der Waals surface area contributed by atoms with E-state index >= 15 is 0 Å². The second-order valence-electron chi connectivity index (χ2n) is 8.54. The molecule has 1 N–H and O–H groups in total. The van der Waals surface area contributed by atoms with Crippen LogP contribution in [0.5, 0.6) is 0 Å². The molecular formula is C30H28N2. The molecule has 0 saturated carbocycles. The fraction of sp³-hybridized carbons (Fsp3) is 0.167. The van der Waals surface area contributed by atoms with Gasteiger partial charge in [-0.2, -0.15) is 0 Å². The molecule has 1 aliphatic rings. The molecule has 0 aromatic heterocycles. The van der Waals surface area contributed by atoms with Crippen LogP contribution in [0.1, 0.15) is 42.9 Å². The Morgan fingerprint density at radius 2 is 1.50 bits per heavy atom. The van der Waals surface area contributed by atoms with E-state index in [4.69, 9.17) is 4.99 Å². The molecule has 0 atom stereocenters. The highest BCUT2D eigenvalue weighted by molar-refractivity contribution is 6.05. The van der Waals surface area contributed by atoms with E-state index in [1.54, 1.807) is 0 Å². The van der Waals surface area contributed by atoms with Crippen molar-refractivity contribution in [2.75, 3.05) is 0 Å². The molecule has 1 heterocycles. The maximum Gasteiger partial charge on any atom is 0.138 e. The molecule has 4 aromatic carbocycles. The van der Waals surface area contributed by atoms with Gasteiger partial charge in [0.2, 0.25) is 0 Å². The number of nitrogens with one attached hydrogen (secondary N) is 1. The summed E-state index contributed by atoms with van der Waals surface area (Å²) >= 11 is 0. The van der Waals surface area contributed by atoms with Gasteiger partial charge in [-0.05, 0) is 52.1 Å². The lowest BCUT2D eigenvalue weighted by molar-refractivity contribution is 0.796. The van der Waals surface area contributed by atoms with Gasteiger partial charge in [0.25, 0.3) is 0 Å². The maximum absolute atomic E-state index is 5.04. The van der Waals surface area contributed by atoms with Crippen molar-refractivity contribution in [3.8, 4) is 0 Å². The van der Waals surface area contributed by atoms with Crippen LogP contribution < -0.4 is 5.32 Å². The second kappa shape index (κ2) is 8.84. The van der Waals surface area contributed by atoms with Crippen LogP contribution in [0.2, 0.25) is 0 Å². The summed E-state index contributed by atoms with van der Waals surface area (Å²) in [7, 11) is 0. The van der Waals surface area contributed by atoms with Crippen LogP contribution in [0, 0.1) is 0 Å². The number of rotatable bonds is 5. The van der Waals surface area contributed by atoms with Crippen molar-refractivity contribution in [3.63, 3.8) is 0 Å². The Hall–Kier alpha value is -3.65. The van der Waals surface area contributed by atoms with Gasteiger partial charge in [0.1, 0.15) is 5.84 Å². The summed E-state index contributed by atoms with van der Waals surface area (Å²) < 4.78 is 0. The predicted molar refractivity (Wildman–Crippen MR) is 138 cm³/mol. The highest BCUT2D eigenvalue weighted by Gasteiger charge is 2.13. The molecule has 0 radical (unpaired) electrons. The zero-order chi connectivity index (χ0) is 21.9. The van der Waals surface area contributed by atoms with Crippen molar-refractivity contribution in [2.45, 2.75) is 32.6 Å². The van der Waals surface area contributed by atoms with Gasteiger partial charge in [0, 0.05) is 23.2 Å². The normalized spacial score (nSPS) is 14.1. The Kier molecular flexibility index (Phi) is 5.60. The van der Waals surface area contributed by atoms with Crippen molar-refractivity contribution in [2.24, 2.45) is 4.99 Å². The van der Waals surface area contributed by atoms with Crippen LogP contribution >= 0.6 is 0 Å². The number of hydrogen-bond donors (Lipinski definition) is 1. The summed E-state index contributed by atoms with van der Waals surface area (Å²) in [6, 6.07) is 28.4. The predicted octanol–water partition coefficient (Wildman–Crippen LogP) is 7.63. The van der Waals surface area contributed by atoms with Gasteiger partial charge in [-0.1, -0.05) is 92.7 Å². The first-order valence-electron chi connectivity index (χ1n) is 11.5. The third kappa shape index (κ3) is 4.22. The highest BCUT2D eigenvalue weighted by Crippen LogP contribution is 2.26. The Balaban J connectivity index is 1.52. The van der Waals surface area contributed by atoms with E-state index in [-0.39, 0.29) is 0 Å². The number of amidine groups is 1. The molecule has 4 aromatic rings. The molecule has 2 nitrogen and oxygen atoms in total. The van der Waals surface area contributed by atoms with Gasteiger partial charge in [0.15, 0.2) is 0 Å². The zero-order valence-corrected chi connectivity index (χ0v) is 18.6. The van der Waals surface area contributed by atoms with E-state index in [0.717, 1.165) is 41.2 Å². The molecule has 0 fully saturated rings. The number of benzene rings is 4. The topological polar surface area (TPSA) is 24.4 Å². The van der Waals surface area contributed by atoms with Gasteiger partial charge < -0.3 is 5.32 Å². The smallest absolute Gasteiger partial charge is 0.138 e. The summed E-state index contributed by atoms with van der Waals surface area (Å²) in [5, 5.41) is 8.42. The summed E-state index contributed by atoms with van der Waals surface area (Å²) in [5.74, 6) is 0.851. The van der Waals surface area contributed by atoms with Crippen LogP contribution in [0.3, 0.4) is 0 Å². The third-order valence-electron chi connectivity index (χ3n) is 6.11. The first-order valence-corrected chi connectivity index (χ1v) is 11.5. The molecule has 0 bridgehead atoms. The summed E-state index contributed by atoms with van der Waals surface area (Å²) in [6.45, 7) is 6.43. The minimum Gasteiger partial charge on any atom is -0.344 e. The van der Waals surface area contributed by atoms with E-state index in [0.29, 0.717) is 0 Å². The largest absolute Gasteiger partial charge is 0.344 e. The Morgan fingerprint density at radius 3 is 2.38 bits per heavy atom. The first kappa shape index (κ1) is 20.3. The van der Waals surface area contributed by atoms with Crippen molar-refractivity contribution in [1.82, 2.24) is 5.32 Å². The number of aryl methyl sites for hydroxylation is 1. The lowest BCUT2D eigenvalue weighted by Crippen LogP contribution is -2.22. The zero-order valence-electron chi connectivity index (χ0n) is 18.6. The van der Waals surface area contributed by atoms with E-state index in [1.165, 1.54) is 39.9 Å². The van der Waals surface area contributed by atoms with Crippen molar-refractivity contribution in [3.05, 3.63) is 114 Å². The average Bonchev–Trinajstić information content (AvgIpc) is 3.03. The summed E-state index contributed by atoms with van der Waals surface area (Å²) in [4.78, 5) is 5.04. The molecule has 0 aliphatic carbocycles. The molecule has 2 heteroatoms. The number of aliphatic imine (C=N–C) groups is 1. The van der Waals surface area contributed by atoms with Gasteiger partial charge in [-0.3, -0.25) is 0 Å². The quantitative estimate of drug-likeness (QED) is 0.355. The maximum atomic E-state index is 5.04. The van der Waals surface area contributed by atoms with Gasteiger partial charge in [0.05, 0.1) is 5.70 Å². The number of unbranched alkanes of at least 4 members (excludes halogenated alkanes) is 1. The van der Waals surface area contributed by atoms with Crippen molar-refractivity contribution >= 4 is 33.1 Å². The molecule has 0 amide bonds. The van der Waals surface area contributed by atoms with Crippen LogP contribution in [-0.2, 0) is 6.42 Å². The van der Waals surface area contributed by atoms with Crippen LogP contribution in [0.15, 0.2) is 102 Å². The van der Waals surface area contributed by atoms with Gasteiger partial charge in [-0.15, -0.1) is 0 Å². The Bertz CT molecular complexity index is 1370. The van der Waals surface area contributed by atoms with E-state index in [2.05, 4.69) is 104 Å². The lowest BCUT2D eigenvalue weighted by atomic mass is 10.0. The minimum atomic E-state index is 0.754. The number of nitrogens with zero attached hydrogens (tertiary/aromatic N) is 1. The molecule has 0 saturated heterocycles. The highest BCUT2D eigenvalue weighted by atomic mass is 15.0. The Morgan fingerprint density at radius 1 is 0.812 bits per heavy atom. The second-order valence-corrected chi connectivity index (χ2v) is 8.54. The SMILES string of the molecule is C=C1CC=C(c2ccc3ccccc3c2)N=C(c2ccc3cc(CCCC)ccc3c2)N1. The van der Waals surface area contributed by atoms with Crippen LogP contribution in [0.4, 0.5) is 0 Å². The minimum absolute atomic E-state index is 0.754. The molecule has 1 aliphatic heterocycles. The average molecular weight is 417 g/mol. The number of fused-ring (bicyclic) bond motifs is 2. The fourth-order valence-corrected chi connectivity index (χ4v) is 4.28. The first-order chi connectivity index (χ1) is 15.7. The lowest BCUT2D eigenvalue weighted by Gasteiger charge is -2.11. The molecule has 0 unspecified atom stereocenters. The summed E-state index contributed by atoms with van der Waals surface area (Å²) in [5.41, 5.74) is 5.54. The Labute approximate surface area is 190 Å². The van der Waals surface area contributed by atoms with Crippen LogP contribution in [0.25, 0.3) is 27.2 Å². The number of allylic oxidation sites excluding steroid dienone is 1. The third-order valence-corrected chi connectivity index (χ3v) is 6.11. The standard InChI is InChI=1S/C30H28N2/c1-3-4-7-22-11-12-26-20-28(16-14-25(26)18-22)30-31-21(2)10-17-29(32-30)27-15-13-23-8-5-6-9-24(23)19-27/h5-6,8-9,11-20H,2-4,7,10H2,1H3,(H,31,32). The summed E-state index contributed by atoms with van der Waals surface area (Å²) in [6.07, 6.45) is 6.51. The molecule has 32 heavy (non-hydrogen) atoms. The molecule has 0 spiro atoms. The van der Waals surface area contributed by atoms with Gasteiger partial charge in [-0.25, -0.2) is 4.99 Å².